The highest BCUT2D eigenvalue weighted by Crippen LogP contribution is 2.21. The van der Waals surface area contributed by atoms with Crippen LogP contribution in [0.1, 0.15) is 28.9 Å². The number of nitrogens with zero attached hydrogens (tertiary/aromatic N) is 1. The minimum absolute atomic E-state index is 0.0246. The first-order valence-corrected chi connectivity index (χ1v) is 6.16. The molecule has 19 heavy (non-hydrogen) atoms. The Bertz CT molecular complexity index is 587. The summed E-state index contributed by atoms with van der Waals surface area (Å²) >= 11 is 5.77. The zero-order valence-electron chi connectivity index (χ0n) is 10.3. The van der Waals surface area contributed by atoms with Crippen LogP contribution < -0.4 is 5.32 Å². The number of halogens is 1. The summed E-state index contributed by atoms with van der Waals surface area (Å²) in [5.41, 5.74) is 1.13. The maximum absolute atomic E-state index is 11.0. The molecule has 0 saturated carbocycles. The Morgan fingerprint density at radius 1 is 1.37 bits per heavy atom. The van der Waals surface area contributed by atoms with Gasteiger partial charge in [0, 0.05) is 12.2 Å². The molecule has 1 aromatic carbocycles. The molecule has 0 aliphatic rings. The number of nitrogens with one attached hydrogen (secondary N) is 1. The fourth-order valence-corrected chi connectivity index (χ4v) is 1.91. The number of carboxylic acid groups (broad SMARTS) is 1. The van der Waals surface area contributed by atoms with Gasteiger partial charge in [-0.15, -0.1) is 0 Å². The van der Waals surface area contributed by atoms with E-state index < -0.39 is 5.97 Å². The maximum Gasteiger partial charge on any atom is 0.337 e. The smallest absolute Gasteiger partial charge is 0.337 e. The average molecular weight is 277 g/mol. The maximum atomic E-state index is 11.0. The third kappa shape index (κ3) is 3.23. The van der Waals surface area contributed by atoms with Gasteiger partial charge in [-0.3, -0.25) is 0 Å². The van der Waals surface area contributed by atoms with Crippen LogP contribution in [0.2, 0.25) is 5.02 Å². The van der Waals surface area contributed by atoms with E-state index in [1.54, 1.807) is 0 Å². The molecule has 0 saturated heterocycles. The summed E-state index contributed by atoms with van der Waals surface area (Å²) in [5.74, 6) is -0.582. The average Bonchev–Trinajstić information content (AvgIpc) is 2.41. The van der Waals surface area contributed by atoms with Gasteiger partial charge >= 0.3 is 5.97 Å². The monoisotopic (exact) mass is 276 g/mol. The van der Waals surface area contributed by atoms with Gasteiger partial charge in [0.05, 0.1) is 10.6 Å². The van der Waals surface area contributed by atoms with Crippen LogP contribution >= 0.6 is 11.6 Å². The van der Waals surface area contributed by atoms with Crippen molar-refractivity contribution in [1.82, 2.24) is 4.98 Å². The van der Waals surface area contributed by atoms with Crippen LogP contribution in [0.25, 0.3) is 0 Å². The zero-order valence-corrected chi connectivity index (χ0v) is 11.1. The molecule has 0 fully saturated rings. The Kier molecular flexibility index (Phi) is 4.02. The molecule has 4 nitrogen and oxygen atoms in total. The molecule has 0 spiro atoms. The summed E-state index contributed by atoms with van der Waals surface area (Å²) in [6, 6.07) is 11.3. The van der Waals surface area contributed by atoms with E-state index in [2.05, 4.69) is 10.3 Å². The molecule has 2 rings (SSSR count). The van der Waals surface area contributed by atoms with Crippen molar-refractivity contribution >= 4 is 23.4 Å². The third-order valence-electron chi connectivity index (χ3n) is 2.75. The first-order chi connectivity index (χ1) is 9.08. The van der Waals surface area contributed by atoms with Crippen molar-refractivity contribution in [2.24, 2.45) is 0 Å². The molecule has 1 heterocycles. The van der Waals surface area contributed by atoms with E-state index in [0.717, 1.165) is 5.56 Å². The molecule has 0 bridgehead atoms. The van der Waals surface area contributed by atoms with Crippen molar-refractivity contribution in [2.45, 2.75) is 13.0 Å². The van der Waals surface area contributed by atoms with E-state index in [1.165, 1.54) is 12.3 Å². The number of carbonyl (C=O) groups is 1. The topological polar surface area (TPSA) is 62.2 Å². The molecule has 98 valence electrons. The quantitative estimate of drug-likeness (QED) is 0.895. The molecular formula is C14H13ClN2O2. The van der Waals surface area contributed by atoms with Crippen LogP contribution in [0.3, 0.4) is 0 Å². The fraction of sp³-hybridized carbons (Fsp3) is 0.143. The van der Waals surface area contributed by atoms with E-state index in [-0.39, 0.29) is 16.6 Å². The Hall–Kier alpha value is -2.07. The largest absolute Gasteiger partial charge is 0.478 e. The summed E-state index contributed by atoms with van der Waals surface area (Å²) in [6.07, 6.45) is 1.34. The number of hydrogen-bond donors (Lipinski definition) is 2. The van der Waals surface area contributed by atoms with Crippen molar-refractivity contribution in [2.75, 3.05) is 5.32 Å². The molecule has 5 heteroatoms. The second-order valence-electron chi connectivity index (χ2n) is 4.13. The highest BCUT2D eigenvalue weighted by molar-refractivity contribution is 6.33. The van der Waals surface area contributed by atoms with Crippen LogP contribution in [-0.4, -0.2) is 16.1 Å². The summed E-state index contributed by atoms with van der Waals surface area (Å²) in [4.78, 5) is 15.1. The summed E-state index contributed by atoms with van der Waals surface area (Å²) in [5, 5.41) is 12.3. The normalized spacial score (nSPS) is 11.9. The van der Waals surface area contributed by atoms with Crippen molar-refractivity contribution in [3.05, 3.63) is 58.7 Å². The fourth-order valence-electron chi connectivity index (χ4n) is 1.73. The predicted molar refractivity (Wildman–Crippen MR) is 74.7 cm³/mol. The molecule has 0 aliphatic heterocycles. The summed E-state index contributed by atoms with van der Waals surface area (Å²) < 4.78 is 0. The van der Waals surface area contributed by atoms with E-state index >= 15 is 0 Å². The van der Waals surface area contributed by atoms with Crippen LogP contribution in [0.4, 0.5) is 5.82 Å². The number of aromatic carboxylic acids is 1. The number of pyridine rings is 1. The zero-order chi connectivity index (χ0) is 13.8. The van der Waals surface area contributed by atoms with Crippen LogP contribution in [0.15, 0.2) is 42.6 Å². The molecule has 2 aromatic rings. The Morgan fingerprint density at radius 3 is 2.68 bits per heavy atom. The Balaban J connectivity index is 2.20. The molecular weight excluding hydrogens is 264 g/mol. The van der Waals surface area contributed by atoms with Crippen LogP contribution in [0, 0.1) is 0 Å². The van der Waals surface area contributed by atoms with Gasteiger partial charge in [-0.2, -0.15) is 0 Å². The first-order valence-electron chi connectivity index (χ1n) is 5.78. The molecule has 1 unspecified atom stereocenters. The van der Waals surface area contributed by atoms with Crippen molar-refractivity contribution in [1.29, 1.82) is 0 Å². The summed E-state index contributed by atoms with van der Waals surface area (Å²) in [7, 11) is 0. The number of rotatable bonds is 4. The first kappa shape index (κ1) is 13.4. The standard InChI is InChI=1S/C14H13ClN2O2/c1-9(10-5-3-2-4-6-10)17-13-7-11(14(18)19)12(15)8-16-13/h2-9H,1H3,(H,16,17)(H,18,19). The van der Waals surface area contributed by atoms with Gasteiger partial charge in [-0.1, -0.05) is 41.9 Å². The van der Waals surface area contributed by atoms with E-state index in [1.807, 2.05) is 37.3 Å². The van der Waals surface area contributed by atoms with Gasteiger partial charge in [0.2, 0.25) is 0 Å². The van der Waals surface area contributed by atoms with E-state index in [0.29, 0.717) is 5.82 Å². The van der Waals surface area contributed by atoms with Gasteiger partial charge in [0.1, 0.15) is 5.82 Å². The lowest BCUT2D eigenvalue weighted by atomic mass is 10.1. The van der Waals surface area contributed by atoms with Gasteiger partial charge in [0.25, 0.3) is 0 Å². The minimum atomic E-state index is -1.07. The lowest BCUT2D eigenvalue weighted by molar-refractivity contribution is 0.0697. The number of anilines is 1. The van der Waals surface area contributed by atoms with Crippen LogP contribution in [0.5, 0.6) is 0 Å². The minimum Gasteiger partial charge on any atom is -0.478 e. The second kappa shape index (κ2) is 5.71. The molecule has 0 aliphatic carbocycles. The van der Waals surface area contributed by atoms with Crippen molar-refractivity contribution in [3.63, 3.8) is 0 Å². The molecule has 0 amide bonds. The SMILES string of the molecule is CC(Nc1cc(C(=O)O)c(Cl)cn1)c1ccccc1. The van der Waals surface area contributed by atoms with Crippen molar-refractivity contribution < 1.29 is 9.90 Å². The molecule has 0 radical (unpaired) electrons. The molecule has 1 atom stereocenters. The Labute approximate surface area is 116 Å². The van der Waals surface area contributed by atoms with Gasteiger partial charge in [0.15, 0.2) is 0 Å². The van der Waals surface area contributed by atoms with Gasteiger partial charge < -0.3 is 10.4 Å². The third-order valence-corrected chi connectivity index (χ3v) is 3.05. The van der Waals surface area contributed by atoms with Gasteiger partial charge in [-0.05, 0) is 18.6 Å². The lowest BCUT2D eigenvalue weighted by Crippen LogP contribution is -2.09. The number of carboxylic acids is 1. The number of benzene rings is 1. The summed E-state index contributed by atoms with van der Waals surface area (Å²) in [6.45, 7) is 1.98. The van der Waals surface area contributed by atoms with E-state index in [9.17, 15) is 4.79 Å². The lowest BCUT2D eigenvalue weighted by Gasteiger charge is -2.15. The molecule has 1 aromatic heterocycles. The Morgan fingerprint density at radius 2 is 2.05 bits per heavy atom. The van der Waals surface area contributed by atoms with Gasteiger partial charge in [-0.25, -0.2) is 9.78 Å². The number of aromatic nitrogens is 1. The highest BCUT2D eigenvalue weighted by atomic mass is 35.5. The second-order valence-corrected chi connectivity index (χ2v) is 4.54. The van der Waals surface area contributed by atoms with Crippen LogP contribution in [-0.2, 0) is 0 Å². The number of hydrogen-bond acceptors (Lipinski definition) is 3. The van der Waals surface area contributed by atoms with E-state index in [4.69, 9.17) is 16.7 Å². The predicted octanol–water partition coefficient (Wildman–Crippen LogP) is 3.61. The molecule has 2 N–H and O–H groups in total. The highest BCUT2D eigenvalue weighted by Gasteiger charge is 2.12. The van der Waals surface area contributed by atoms with Crippen molar-refractivity contribution in [3.8, 4) is 0 Å².